The number of nitrogens with two attached hydrogens (primary N) is 1. The van der Waals surface area contributed by atoms with E-state index in [-0.39, 0.29) is 18.4 Å². The predicted molar refractivity (Wildman–Crippen MR) is 64.8 cm³/mol. The van der Waals surface area contributed by atoms with Crippen LogP contribution in [0.5, 0.6) is 0 Å². The van der Waals surface area contributed by atoms with Gasteiger partial charge in [0, 0.05) is 13.1 Å². The number of anilines is 1. The van der Waals surface area contributed by atoms with Crippen LogP contribution < -0.4 is 10.6 Å². The molecule has 0 aromatic carbocycles. The van der Waals surface area contributed by atoms with E-state index in [0.29, 0.717) is 17.8 Å². The Morgan fingerprint density at radius 1 is 1.56 bits per heavy atom. The van der Waals surface area contributed by atoms with Gasteiger partial charge in [-0.3, -0.25) is 0 Å². The number of piperidine rings is 1. The summed E-state index contributed by atoms with van der Waals surface area (Å²) in [4.78, 5) is 6.46. The third kappa shape index (κ3) is 2.86. The summed E-state index contributed by atoms with van der Waals surface area (Å²) in [5, 5.41) is 3.96. The molecule has 0 aliphatic carbocycles. The Hall–Kier alpha value is -0.810. The summed E-state index contributed by atoms with van der Waals surface area (Å²) >= 11 is 0. The predicted octanol–water partition coefficient (Wildman–Crippen LogP) is 1.75. The van der Waals surface area contributed by atoms with Crippen molar-refractivity contribution in [3.8, 4) is 0 Å². The summed E-state index contributed by atoms with van der Waals surface area (Å²) in [5.74, 6) is 1.91. The van der Waals surface area contributed by atoms with Gasteiger partial charge in [0.15, 0.2) is 0 Å². The van der Waals surface area contributed by atoms with Gasteiger partial charge in [-0.1, -0.05) is 6.92 Å². The Bertz CT molecular complexity index is 328. The normalized spacial score (nSPS) is 22.7. The molecule has 1 aromatic heterocycles. The van der Waals surface area contributed by atoms with Crippen molar-refractivity contribution in [1.82, 2.24) is 10.1 Å². The van der Waals surface area contributed by atoms with Crippen molar-refractivity contribution in [3.63, 3.8) is 0 Å². The summed E-state index contributed by atoms with van der Waals surface area (Å²) in [7, 11) is 0. The molecule has 0 bridgehead atoms. The maximum atomic E-state index is 5.67. The SMILES string of the molecule is C[C@H]1CCCN(c2noc([C@@H](C)N)n2)C1.Cl. The quantitative estimate of drug-likeness (QED) is 0.861. The van der Waals surface area contributed by atoms with Gasteiger partial charge in [0.1, 0.15) is 0 Å². The summed E-state index contributed by atoms with van der Waals surface area (Å²) < 4.78 is 5.09. The van der Waals surface area contributed by atoms with E-state index in [1.54, 1.807) is 0 Å². The van der Waals surface area contributed by atoms with Crippen LogP contribution in [-0.2, 0) is 0 Å². The number of rotatable bonds is 2. The first-order valence-corrected chi connectivity index (χ1v) is 5.51. The highest BCUT2D eigenvalue weighted by molar-refractivity contribution is 5.85. The zero-order valence-electron chi connectivity index (χ0n) is 9.72. The molecular weight excluding hydrogens is 228 g/mol. The van der Waals surface area contributed by atoms with Crippen LogP contribution in [0.15, 0.2) is 4.52 Å². The Morgan fingerprint density at radius 3 is 2.88 bits per heavy atom. The largest absolute Gasteiger partial charge is 0.338 e. The molecule has 1 aromatic rings. The molecule has 2 rings (SSSR count). The third-order valence-electron chi connectivity index (χ3n) is 2.76. The van der Waals surface area contributed by atoms with E-state index in [1.807, 2.05) is 6.92 Å². The van der Waals surface area contributed by atoms with Gasteiger partial charge in [-0.15, -0.1) is 12.4 Å². The molecule has 1 fully saturated rings. The van der Waals surface area contributed by atoms with Gasteiger partial charge in [0.2, 0.25) is 5.89 Å². The van der Waals surface area contributed by atoms with Gasteiger partial charge >= 0.3 is 0 Å². The topological polar surface area (TPSA) is 68.2 Å². The zero-order chi connectivity index (χ0) is 10.8. The molecule has 0 radical (unpaired) electrons. The second kappa shape index (κ2) is 5.50. The lowest BCUT2D eigenvalue weighted by Gasteiger charge is -2.29. The fourth-order valence-corrected chi connectivity index (χ4v) is 1.91. The molecule has 92 valence electrons. The Balaban J connectivity index is 0.00000128. The molecule has 1 saturated heterocycles. The van der Waals surface area contributed by atoms with Crippen molar-refractivity contribution in [3.05, 3.63) is 5.89 Å². The monoisotopic (exact) mass is 246 g/mol. The van der Waals surface area contributed by atoms with Gasteiger partial charge in [-0.2, -0.15) is 4.98 Å². The molecule has 0 spiro atoms. The first-order valence-electron chi connectivity index (χ1n) is 5.51. The molecule has 2 N–H and O–H groups in total. The molecular formula is C10H19ClN4O. The van der Waals surface area contributed by atoms with Crippen LogP contribution >= 0.6 is 12.4 Å². The number of hydrogen-bond donors (Lipinski definition) is 1. The Morgan fingerprint density at radius 2 is 2.31 bits per heavy atom. The summed E-state index contributed by atoms with van der Waals surface area (Å²) in [5.41, 5.74) is 5.67. The van der Waals surface area contributed by atoms with Crippen molar-refractivity contribution >= 4 is 18.4 Å². The van der Waals surface area contributed by atoms with Crippen molar-refractivity contribution in [1.29, 1.82) is 0 Å². The molecule has 5 nitrogen and oxygen atoms in total. The van der Waals surface area contributed by atoms with Crippen molar-refractivity contribution < 1.29 is 4.52 Å². The van der Waals surface area contributed by atoms with E-state index in [0.717, 1.165) is 13.1 Å². The van der Waals surface area contributed by atoms with Crippen LogP contribution in [0.2, 0.25) is 0 Å². The van der Waals surface area contributed by atoms with Gasteiger partial charge in [-0.25, -0.2) is 0 Å². The van der Waals surface area contributed by atoms with Crippen molar-refractivity contribution in [2.24, 2.45) is 11.7 Å². The fraction of sp³-hybridized carbons (Fsp3) is 0.800. The van der Waals surface area contributed by atoms with Crippen LogP contribution in [0, 0.1) is 5.92 Å². The van der Waals surface area contributed by atoms with Gasteiger partial charge < -0.3 is 15.2 Å². The molecule has 16 heavy (non-hydrogen) atoms. The molecule has 1 aliphatic heterocycles. The summed E-state index contributed by atoms with van der Waals surface area (Å²) in [6, 6.07) is -0.187. The minimum absolute atomic E-state index is 0. The van der Waals surface area contributed by atoms with E-state index >= 15 is 0 Å². The molecule has 2 atom stereocenters. The minimum Gasteiger partial charge on any atom is -0.338 e. The number of halogens is 1. The second-order valence-corrected chi connectivity index (χ2v) is 4.41. The summed E-state index contributed by atoms with van der Waals surface area (Å²) in [6.07, 6.45) is 2.48. The highest BCUT2D eigenvalue weighted by Crippen LogP contribution is 2.21. The summed E-state index contributed by atoms with van der Waals surface area (Å²) in [6.45, 7) is 6.12. The fourth-order valence-electron chi connectivity index (χ4n) is 1.91. The number of aromatic nitrogens is 2. The molecule has 6 heteroatoms. The van der Waals surface area contributed by atoms with Crippen LogP contribution in [0.1, 0.15) is 38.6 Å². The lowest BCUT2D eigenvalue weighted by Crippen LogP contribution is -2.34. The smallest absolute Gasteiger partial charge is 0.266 e. The van der Waals surface area contributed by atoms with Gasteiger partial charge in [-0.05, 0) is 30.8 Å². The Kier molecular flexibility index (Phi) is 4.56. The van der Waals surface area contributed by atoms with Crippen LogP contribution in [-0.4, -0.2) is 23.2 Å². The highest BCUT2D eigenvalue weighted by Gasteiger charge is 2.21. The van der Waals surface area contributed by atoms with Crippen molar-refractivity contribution in [2.45, 2.75) is 32.7 Å². The van der Waals surface area contributed by atoms with Gasteiger partial charge in [0.25, 0.3) is 5.95 Å². The van der Waals surface area contributed by atoms with Crippen LogP contribution in [0.3, 0.4) is 0 Å². The standard InChI is InChI=1S/C10H18N4O.ClH/c1-7-4-3-5-14(6-7)10-12-9(8(2)11)15-13-10;/h7-8H,3-6,11H2,1-2H3;1H/t7-,8+;/m0./s1. The average molecular weight is 247 g/mol. The van der Waals surface area contributed by atoms with Crippen molar-refractivity contribution in [2.75, 3.05) is 18.0 Å². The maximum absolute atomic E-state index is 5.67. The number of nitrogens with zero attached hydrogens (tertiary/aromatic N) is 3. The first kappa shape index (κ1) is 13.3. The zero-order valence-corrected chi connectivity index (χ0v) is 10.5. The lowest BCUT2D eigenvalue weighted by atomic mass is 10.0. The first-order chi connectivity index (χ1) is 7.16. The molecule has 0 unspecified atom stereocenters. The van der Waals surface area contributed by atoms with Gasteiger partial charge in [0.05, 0.1) is 6.04 Å². The van der Waals surface area contributed by atoms with Crippen LogP contribution in [0.25, 0.3) is 0 Å². The lowest BCUT2D eigenvalue weighted by molar-refractivity contribution is 0.358. The number of hydrogen-bond acceptors (Lipinski definition) is 5. The molecule has 1 aliphatic rings. The van der Waals surface area contributed by atoms with E-state index < -0.39 is 0 Å². The van der Waals surface area contributed by atoms with Crippen LogP contribution in [0.4, 0.5) is 5.95 Å². The van der Waals surface area contributed by atoms with E-state index in [1.165, 1.54) is 12.8 Å². The third-order valence-corrected chi connectivity index (χ3v) is 2.76. The second-order valence-electron chi connectivity index (χ2n) is 4.41. The Labute approximate surface area is 102 Å². The molecule has 0 saturated carbocycles. The van der Waals surface area contributed by atoms with E-state index in [4.69, 9.17) is 10.3 Å². The van der Waals surface area contributed by atoms with E-state index in [9.17, 15) is 0 Å². The molecule has 0 amide bonds. The molecule has 2 heterocycles. The minimum atomic E-state index is -0.187. The maximum Gasteiger partial charge on any atom is 0.266 e. The highest BCUT2D eigenvalue weighted by atomic mass is 35.5. The average Bonchev–Trinajstić information content (AvgIpc) is 2.66. The van der Waals surface area contributed by atoms with E-state index in [2.05, 4.69) is 22.0 Å².